The zero-order valence-electron chi connectivity index (χ0n) is 13.7. The standard InChI is InChI=1S/C18H24N4/c1-4-15-9-7-8-13(2)17(15)21-18-19-14(3)12-16(20-18)22-10-5-6-11-22/h7-9,12H,4-6,10-11H2,1-3H3,(H,19,20,21). The molecule has 0 radical (unpaired) electrons. The molecule has 0 saturated carbocycles. The fourth-order valence-corrected chi connectivity index (χ4v) is 3.03. The van der Waals surface area contributed by atoms with Crippen LogP contribution in [0.3, 0.4) is 0 Å². The molecule has 1 aliphatic heterocycles. The molecule has 1 saturated heterocycles. The van der Waals surface area contributed by atoms with Crippen molar-refractivity contribution >= 4 is 17.5 Å². The Morgan fingerprint density at radius 3 is 2.64 bits per heavy atom. The van der Waals surface area contributed by atoms with Gasteiger partial charge in [0.05, 0.1) is 0 Å². The Morgan fingerprint density at radius 2 is 1.91 bits per heavy atom. The van der Waals surface area contributed by atoms with E-state index in [1.165, 1.54) is 24.0 Å². The number of para-hydroxylation sites is 1. The predicted octanol–water partition coefficient (Wildman–Crippen LogP) is 4.00. The molecule has 2 aromatic rings. The Balaban J connectivity index is 1.92. The van der Waals surface area contributed by atoms with Crippen LogP contribution >= 0.6 is 0 Å². The highest BCUT2D eigenvalue weighted by Gasteiger charge is 2.15. The number of aromatic nitrogens is 2. The minimum Gasteiger partial charge on any atom is -0.356 e. The highest BCUT2D eigenvalue weighted by molar-refractivity contribution is 5.64. The summed E-state index contributed by atoms with van der Waals surface area (Å²) in [6.45, 7) is 8.53. The van der Waals surface area contributed by atoms with Gasteiger partial charge in [-0.05, 0) is 44.2 Å². The Kier molecular flexibility index (Phi) is 4.27. The lowest BCUT2D eigenvalue weighted by molar-refractivity contribution is 0.923. The van der Waals surface area contributed by atoms with Crippen LogP contribution in [-0.4, -0.2) is 23.1 Å². The molecule has 1 fully saturated rings. The molecule has 2 heterocycles. The Labute approximate surface area is 132 Å². The molecule has 1 aromatic carbocycles. The lowest BCUT2D eigenvalue weighted by Gasteiger charge is -2.19. The Hall–Kier alpha value is -2.10. The highest BCUT2D eigenvalue weighted by Crippen LogP contribution is 2.26. The van der Waals surface area contributed by atoms with E-state index in [-0.39, 0.29) is 0 Å². The molecule has 0 spiro atoms. The Morgan fingerprint density at radius 1 is 1.14 bits per heavy atom. The maximum atomic E-state index is 4.73. The van der Waals surface area contributed by atoms with Gasteiger partial charge in [0.25, 0.3) is 0 Å². The zero-order valence-corrected chi connectivity index (χ0v) is 13.7. The monoisotopic (exact) mass is 296 g/mol. The van der Waals surface area contributed by atoms with Gasteiger partial charge in [-0.2, -0.15) is 4.98 Å². The fourth-order valence-electron chi connectivity index (χ4n) is 3.03. The van der Waals surface area contributed by atoms with E-state index in [1.807, 2.05) is 6.92 Å². The van der Waals surface area contributed by atoms with Gasteiger partial charge in [-0.1, -0.05) is 25.1 Å². The van der Waals surface area contributed by atoms with Gasteiger partial charge in [-0.25, -0.2) is 4.98 Å². The first-order chi connectivity index (χ1) is 10.7. The van der Waals surface area contributed by atoms with Crippen molar-refractivity contribution in [3.8, 4) is 0 Å². The van der Waals surface area contributed by atoms with Crippen LogP contribution in [-0.2, 0) is 6.42 Å². The molecule has 0 bridgehead atoms. The number of nitrogens with one attached hydrogen (secondary N) is 1. The molecule has 22 heavy (non-hydrogen) atoms. The molecule has 0 unspecified atom stereocenters. The lowest BCUT2D eigenvalue weighted by atomic mass is 10.1. The average Bonchev–Trinajstić information content (AvgIpc) is 3.03. The average molecular weight is 296 g/mol. The van der Waals surface area contributed by atoms with Crippen LogP contribution in [0.2, 0.25) is 0 Å². The number of hydrogen-bond acceptors (Lipinski definition) is 4. The third-order valence-corrected chi connectivity index (χ3v) is 4.25. The summed E-state index contributed by atoms with van der Waals surface area (Å²) in [6, 6.07) is 8.46. The second kappa shape index (κ2) is 6.34. The number of hydrogen-bond donors (Lipinski definition) is 1. The van der Waals surface area contributed by atoms with Crippen LogP contribution < -0.4 is 10.2 Å². The van der Waals surface area contributed by atoms with Crippen LogP contribution in [0.1, 0.15) is 36.6 Å². The van der Waals surface area contributed by atoms with E-state index in [0.717, 1.165) is 36.7 Å². The molecule has 1 aromatic heterocycles. The van der Waals surface area contributed by atoms with Crippen molar-refractivity contribution in [3.05, 3.63) is 41.1 Å². The molecule has 0 aliphatic carbocycles. The molecule has 1 N–H and O–H groups in total. The van der Waals surface area contributed by atoms with Gasteiger partial charge in [0.2, 0.25) is 5.95 Å². The van der Waals surface area contributed by atoms with E-state index in [0.29, 0.717) is 5.95 Å². The summed E-state index contributed by atoms with van der Waals surface area (Å²) in [5, 5.41) is 3.45. The van der Waals surface area contributed by atoms with E-state index < -0.39 is 0 Å². The predicted molar refractivity (Wildman–Crippen MR) is 92.1 cm³/mol. The van der Waals surface area contributed by atoms with Crippen LogP contribution in [0, 0.1) is 13.8 Å². The van der Waals surface area contributed by atoms with Gasteiger partial charge in [-0.15, -0.1) is 0 Å². The summed E-state index contributed by atoms with van der Waals surface area (Å²) in [5.41, 5.74) is 4.68. The summed E-state index contributed by atoms with van der Waals surface area (Å²) in [5.74, 6) is 1.74. The molecular formula is C18H24N4. The minimum absolute atomic E-state index is 0.700. The van der Waals surface area contributed by atoms with E-state index in [9.17, 15) is 0 Å². The van der Waals surface area contributed by atoms with Crippen LogP contribution in [0.5, 0.6) is 0 Å². The van der Waals surface area contributed by atoms with E-state index >= 15 is 0 Å². The van der Waals surface area contributed by atoms with Crippen molar-refractivity contribution < 1.29 is 0 Å². The highest BCUT2D eigenvalue weighted by atomic mass is 15.2. The summed E-state index contributed by atoms with van der Waals surface area (Å²) in [6.07, 6.45) is 3.50. The maximum absolute atomic E-state index is 4.73. The normalized spacial score (nSPS) is 14.4. The lowest BCUT2D eigenvalue weighted by Crippen LogP contribution is -2.20. The smallest absolute Gasteiger partial charge is 0.229 e. The first-order valence-corrected chi connectivity index (χ1v) is 8.13. The number of anilines is 3. The van der Waals surface area contributed by atoms with Gasteiger partial charge in [0, 0.05) is 30.5 Å². The summed E-state index contributed by atoms with van der Waals surface area (Å²) >= 11 is 0. The molecule has 4 heteroatoms. The first kappa shape index (κ1) is 14.8. The third kappa shape index (κ3) is 3.06. The molecule has 0 atom stereocenters. The van der Waals surface area contributed by atoms with Crippen LogP contribution in [0.15, 0.2) is 24.3 Å². The Bertz CT molecular complexity index is 660. The summed E-state index contributed by atoms with van der Waals surface area (Å²) in [4.78, 5) is 11.6. The van der Waals surface area contributed by atoms with Crippen molar-refractivity contribution in [2.45, 2.75) is 40.0 Å². The van der Waals surface area contributed by atoms with E-state index in [4.69, 9.17) is 4.98 Å². The number of benzene rings is 1. The third-order valence-electron chi connectivity index (χ3n) is 4.25. The van der Waals surface area contributed by atoms with Crippen LogP contribution in [0.25, 0.3) is 0 Å². The minimum atomic E-state index is 0.700. The topological polar surface area (TPSA) is 41.1 Å². The molecular weight excluding hydrogens is 272 g/mol. The first-order valence-electron chi connectivity index (χ1n) is 8.13. The fraction of sp³-hybridized carbons (Fsp3) is 0.444. The number of aryl methyl sites for hydroxylation is 3. The quantitative estimate of drug-likeness (QED) is 0.926. The molecule has 116 valence electrons. The van der Waals surface area contributed by atoms with Gasteiger partial charge >= 0.3 is 0 Å². The van der Waals surface area contributed by atoms with E-state index in [1.54, 1.807) is 0 Å². The van der Waals surface area contributed by atoms with Crippen LogP contribution in [0.4, 0.5) is 17.5 Å². The number of rotatable bonds is 4. The SMILES string of the molecule is CCc1cccc(C)c1Nc1nc(C)cc(N2CCCC2)n1. The van der Waals surface area contributed by atoms with Crippen molar-refractivity contribution in [2.75, 3.05) is 23.3 Å². The van der Waals surface area contributed by atoms with E-state index in [2.05, 4.69) is 53.3 Å². The van der Waals surface area contributed by atoms with Crippen molar-refractivity contribution in [2.24, 2.45) is 0 Å². The second-order valence-electron chi connectivity index (χ2n) is 5.97. The summed E-state index contributed by atoms with van der Waals surface area (Å²) in [7, 11) is 0. The zero-order chi connectivity index (χ0) is 15.5. The van der Waals surface area contributed by atoms with Crippen molar-refractivity contribution in [1.29, 1.82) is 0 Å². The second-order valence-corrected chi connectivity index (χ2v) is 5.97. The van der Waals surface area contributed by atoms with Gasteiger partial charge < -0.3 is 10.2 Å². The van der Waals surface area contributed by atoms with Crippen molar-refractivity contribution in [3.63, 3.8) is 0 Å². The molecule has 1 aliphatic rings. The molecule has 4 nitrogen and oxygen atoms in total. The van der Waals surface area contributed by atoms with Gasteiger partial charge in [0.1, 0.15) is 5.82 Å². The number of nitrogens with zero attached hydrogens (tertiary/aromatic N) is 3. The van der Waals surface area contributed by atoms with Gasteiger partial charge in [0.15, 0.2) is 0 Å². The molecule has 0 amide bonds. The van der Waals surface area contributed by atoms with Gasteiger partial charge in [-0.3, -0.25) is 0 Å². The molecule has 3 rings (SSSR count). The summed E-state index contributed by atoms with van der Waals surface area (Å²) < 4.78 is 0. The van der Waals surface area contributed by atoms with Crippen molar-refractivity contribution in [1.82, 2.24) is 9.97 Å². The largest absolute Gasteiger partial charge is 0.356 e. The maximum Gasteiger partial charge on any atom is 0.229 e.